The van der Waals surface area contributed by atoms with E-state index in [1.54, 1.807) is 0 Å². The van der Waals surface area contributed by atoms with Crippen molar-refractivity contribution in [2.24, 2.45) is 0 Å². The number of rotatable bonds is 7. The van der Waals surface area contributed by atoms with Crippen molar-refractivity contribution in [2.75, 3.05) is 33.8 Å². The molecular weight excluding hydrogens is 202 g/mol. The van der Waals surface area contributed by atoms with Gasteiger partial charge in [0.2, 0.25) is 0 Å². The number of hydrogen-bond acceptors (Lipinski definition) is 2. The minimum Gasteiger partial charge on any atom is -1.00 e. The molecule has 2 N–H and O–H groups in total. The lowest BCUT2D eigenvalue weighted by Gasteiger charge is -2.31. The fourth-order valence-electron chi connectivity index (χ4n) is 1.51. The van der Waals surface area contributed by atoms with E-state index in [0.717, 1.165) is 11.0 Å². The molecule has 0 aromatic rings. The predicted molar refractivity (Wildman–Crippen MR) is 54.5 cm³/mol. The number of nitrogens with zero attached hydrogens (tertiary/aromatic N) is 1. The smallest absolute Gasteiger partial charge is 0.126 e. The van der Waals surface area contributed by atoms with Crippen LogP contribution >= 0.6 is 0 Å². The summed E-state index contributed by atoms with van der Waals surface area (Å²) in [6, 6.07) is 0. The standard InChI is InChI=1S/C10H24NO2.ClH/c1-4-5-6-7-11(2,3)8-10(13)9-12;/h10,12-13H,4-9H2,1-3H3;1H/q+1;/p-1. The fourth-order valence-corrected chi connectivity index (χ4v) is 1.51. The van der Waals surface area contributed by atoms with E-state index in [1.165, 1.54) is 19.3 Å². The molecule has 0 radical (unpaired) electrons. The van der Waals surface area contributed by atoms with E-state index in [4.69, 9.17) is 5.11 Å². The molecule has 0 aliphatic carbocycles. The molecule has 0 aliphatic heterocycles. The highest BCUT2D eigenvalue weighted by molar-refractivity contribution is 4.50. The van der Waals surface area contributed by atoms with Gasteiger partial charge in [0.1, 0.15) is 12.6 Å². The molecule has 0 amide bonds. The summed E-state index contributed by atoms with van der Waals surface area (Å²) in [5.74, 6) is 0. The van der Waals surface area contributed by atoms with E-state index in [9.17, 15) is 5.11 Å². The van der Waals surface area contributed by atoms with E-state index in [0.29, 0.717) is 6.54 Å². The van der Waals surface area contributed by atoms with E-state index in [1.807, 2.05) is 0 Å². The maximum Gasteiger partial charge on any atom is 0.126 e. The highest BCUT2D eigenvalue weighted by Crippen LogP contribution is 2.04. The van der Waals surface area contributed by atoms with Crippen LogP contribution in [-0.4, -0.2) is 54.6 Å². The Hall–Kier alpha value is 0.170. The topological polar surface area (TPSA) is 40.5 Å². The third-order valence-electron chi connectivity index (χ3n) is 2.28. The van der Waals surface area contributed by atoms with Gasteiger partial charge in [-0.3, -0.25) is 0 Å². The van der Waals surface area contributed by atoms with Crippen LogP contribution in [0.15, 0.2) is 0 Å². The molecule has 0 spiro atoms. The quantitative estimate of drug-likeness (QED) is 0.375. The number of unbranched alkanes of at least 4 members (excludes halogenated alkanes) is 2. The normalized spacial score (nSPS) is 13.5. The van der Waals surface area contributed by atoms with Crippen molar-refractivity contribution in [3.63, 3.8) is 0 Å². The van der Waals surface area contributed by atoms with Gasteiger partial charge in [-0.25, -0.2) is 0 Å². The van der Waals surface area contributed by atoms with E-state index in [2.05, 4.69) is 21.0 Å². The van der Waals surface area contributed by atoms with E-state index in [-0.39, 0.29) is 19.0 Å². The molecule has 3 nitrogen and oxygen atoms in total. The lowest BCUT2D eigenvalue weighted by atomic mass is 10.2. The second-order valence-corrected chi connectivity index (χ2v) is 4.39. The van der Waals surface area contributed by atoms with Gasteiger partial charge in [0.15, 0.2) is 0 Å². The summed E-state index contributed by atoms with van der Waals surface area (Å²) >= 11 is 0. The third-order valence-corrected chi connectivity index (χ3v) is 2.28. The summed E-state index contributed by atoms with van der Waals surface area (Å²) in [6.07, 6.45) is 3.10. The largest absolute Gasteiger partial charge is 1.00 e. The first kappa shape index (κ1) is 16.6. The van der Waals surface area contributed by atoms with Crippen LogP contribution in [0.1, 0.15) is 26.2 Å². The summed E-state index contributed by atoms with van der Waals surface area (Å²) in [4.78, 5) is 0. The Labute approximate surface area is 93.7 Å². The first-order valence-electron chi connectivity index (χ1n) is 5.12. The third kappa shape index (κ3) is 8.75. The Kier molecular flexibility index (Phi) is 10.0. The zero-order valence-electron chi connectivity index (χ0n) is 9.54. The monoisotopic (exact) mass is 225 g/mol. The highest BCUT2D eigenvalue weighted by Gasteiger charge is 2.18. The lowest BCUT2D eigenvalue weighted by molar-refractivity contribution is -0.893. The van der Waals surface area contributed by atoms with Gasteiger partial charge in [0.25, 0.3) is 0 Å². The van der Waals surface area contributed by atoms with Gasteiger partial charge in [-0.2, -0.15) is 0 Å². The zero-order valence-corrected chi connectivity index (χ0v) is 10.3. The molecule has 0 saturated carbocycles. The van der Waals surface area contributed by atoms with Gasteiger partial charge in [-0.05, 0) is 12.8 Å². The van der Waals surface area contributed by atoms with E-state index < -0.39 is 6.10 Å². The predicted octanol–water partition coefficient (Wildman–Crippen LogP) is -2.39. The molecule has 0 fully saturated rings. The van der Waals surface area contributed by atoms with Crippen LogP contribution in [0.2, 0.25) is 0 Å². The average molecular weight is 226 g/mol. The van der Waals surface area contributed by atoms with Crippen molar-refractivity contribution < 1.29 is 27.1 Å². The number of aliphatic hydroxyl groups excluding tert-OH is 2. The maximum atomic E-state index is 9.28. The van der Waals surface area contributed by atoms with Crippen molar-refractivity contribution >= 4 is 0 Å². The van der Waals surface area contributed by atoms with Crippen LogP contribution in [0.3, 0.4) is 0 Å². The SMILES string of the molecule is CCCCC[N+](C)(C)CC(O)CO.[Cl-]. The summed E-state index contributed by atoms with van der Waals surface area (Å²) in [6.45, 7) is 3.77. The molecule has 0 bridgehead atoms. The fraction of sp³-hybridized carbons (Fsp3) is 1.00. The molecule has 0 aliphatic rings. The Morgan fingerprint density at radius 2 is 1.79 bits per heavy atom. The number of quaternary nitrogens is 1. The molecule has 0 aromatic heterocycles. The summed E-state index contributed by atoms with van der Waals surface area (Å²) in [7, 11) is 4.18. The minimum absolute atomic E-state index is 0. The average Bonchev–Trinajstić information content (AvgIpc) is 2.03. The van der Waals surface area contributed by atoms with Crippen LogP contribution in [0.25, 0.3) is 0 Å². The molecule has 0 rings (SSSR count). The van der Waals surface area contributed by atoms with Crippen molar-refractivity contribution in [3.8, 4) is 0 Å². The van der Waals surface area contributed by atoms with Gasteiger partial charge >= 0.3 is 0 Å². The number of likely N-dealkylation sites (N-methyl/N-ethyl adjacent to an activating group) is 1. The molecular formula is C10H24ClNO2. The molecule has 88 valence electrons. The highest BCUT2D eigenvalue weighted by atomic mass is 35.5. The second kappa shape index (κ2) is 8.48. The molecule has 0 aromatic carbocycles. The first-order chi connectivity index (χ1) is 6.02. The summed E-state index contributed by atoms with van der Waals surface area (Å²) in [5.41, 5.74) is 0. The minimum atomic E-state index is -0.573. The number of aliphatic hydroxyl groups is 2. The second-order valence-electron chi connectivity index (χ2n) is 4.39. The Balaban J connectivity index is 0. The van der Waals surface area contributed by atoms with Crippen LogP contribution in [0.4, 0.5) is 0 Å². The van der Waals surface area contributed by atoms with Crippen LogP contribution in [0.5, 0.6) is 0 Å². The summed E-state index contributed by atoms with van der Waals surface area (Å²) in [5, 5.41) is 18.0. The van der Waals surface area contributed by atoms with Gasteiger partial charge in [-0.1, -0.05) is 13.3 Å². The van der Waals surface area contributed by atoms with Gasteiger partial charge in [-0.15, -0.1) is 0 Å². The van der Waals surface area contributed by atoms with Gasteiger partial charge < -0.3 is 27.1 Å². The number of halogens is 1. The molecule has 1 atom stereocenters. The van der Waals surface area contributed by atoms with Gasteiger partial charge in [0.05, 0.1) is 27.2 Å². The van der Waals surface area contributed by atoms with Gasteiger partial charge in [0, 0.05) is 0 Å². The van der Waals surface area contributed by atoms with Crippen molar-refractivity contribution in [2.45, 2.75) is 32.3 Å². The van der Waals surface area contributed by atoms with Crippen LogP contribution in [-0.2, 0) is 0 Å². The van der Waals surface area contributed by atoms with Crippen LogP contribution in [0, 0.1) is 0 Å². The molecule has 1 unspecified atom stereocenters. The van der Waals surface area contributed by atoms with Crippen molar-refractivity contribution in [1.82, 2.24) is 0 Å². The van der Waals surface area contributed by atoms with Crippen molar-refractivity contribution in [3.05, 3.63) is 0 Å². The Bertz CT molecular complexity index is 131. The van der Waals surface area contributed by atoms with E-state index >= 15 is 0 Å². The first-order valence-corrected chi connectivity index (χ1v) is 5.12. The Morgan fingerprint density at radius 1 is 1.21 bits per heavy atom. The maximum absolute atomic E-state index is 9.28. The molecule has 14 heavy (non-hydrogen) atoms. The number of hydrogen-bond donors (Lipinski definition) is 2. The van der Waals surface area contributed by atoms with Crippen molar-refractivity contribution in [1.29, 1.82) is 0 Å². The summed E-state index contributed by atoms with van der Waals surface area (Å²) < 4.78 is 0.793. The zero-order chi connectivity index (χ0) is 10.3. The lowest BCUT2D eigenvalue weighted by Crippen LogP contribution is -3.00. The molecule has 4 heteroatoms. The molecule has 0 heterocycles. The van der Waals surface area contributed by atoms with Crippen LogP contribution < -0.4 is 12.4 Å². The molecule has 0 saturated heterocycles. The Morgan fingerprint density at radius 3 is 2.21 bits per heavy atom.